The van der Waals surface area contributed by atoms with Crippen LogP contribution in [0.1, 0.15) is 22.4 Å². The minimum atomic E-state index is -0.516. The van der Waals surface area contributed by atoms with E-state index in [0.717, 1.165) is 20.7 Å². The molecule has 0 aliphatic carbocycles. The fourth-order valence-corrected chi connectivity index (χ4v) is 2.71. The summed E-state index contributed by atoms with van der Waals surface area (Å²) in [7, 11) is 0. The summed E-state index contributed by atoms with van der Waals surface area (Å²) in [5.74, 6) is 0. The topological polar surface area (TPSA) is 33.1 Å². The van der Waals surface area contributed by atoms with Crippen LogP contribution in [0.25, 0.3) is 0 Å². The smallest absolute Gasteiger partial charge is 0.122 e. The summed E-state index contributed by atoms with van der Waals surface area (Å²) in [4.78, 5) is 4.29. The first-order valence-electron chi connectivity index (χ1n) is 5.00. The van der Waals surface area contributed by atoms with Crippen molar-refractivity contribution in [3.05, 3.63) is 50.4 Å². The van der Waals surface area contributed by atoms with Crippen molar-refractivity contribution in [1.29, 1.82) is 0 Å². The molecule has 1 unspecified atom stereocenters. The van der Waals surface area contributed by atoms with E-state index < -0.39 is 6.10 Å². The van der Waals surface area contributed by atoms with E-state index in [1.807, 2.05) is 36.6 Å². The average molecular weight is 298 g/mol. The highest BCUT2D eigenvalue weighted by Crippen LogP contribution is 2.25. The molecule has 0 aliphatic heterocycles. The summed E-state index contributed by atoms with van der Waals surface area (Å²) in [6.07, 6.45) is 0.0753. The summed E-state index contributed by atoms with van der Waals surface area (Å²) in [5.41, 5.74) is 2.06. The fourth-order valence-electron chi connectivity index (χ4n) is 1.48. The SMILES string of the molecule is Cc1csc(C(O)Cc2ccccc2Br)n1. The number of nitrogens with zero attached hydrogens (tertiary/aromatic N) is 1. The lowest BCUT2D eigenvalue weighted by Crippen LogP contribution is -2.01. The number of hydrogen-bond donors (Lipinski definition) is 1. The van der Waals surface area contributed by atoms with Gasteiger partial charge >= 0.3 is 0 Å². The summed E-state index contributed by atoms with van der Waals surface area (Å²) < 4.78 is 1.03. The van der Waals surface area contributed by atoms with Gasteiger partial charge in [0.2, 0.25) is 0 Å². The van der Waals surface area contributed by atoms with Gasteiger partial charge in [-0.3, -0.25) is 0 Å². The molecule has 84 valence electrons. The highest BCUT2D eigenvalue weighted by Gasteiger charge is 2.13. The summed E-state index contributed by atoms with van der Waals surface area (Å²) in [6.45, 7) is 1.94. The molecule has 1 aromatic carbocycles. The second kappa shape index (κ2) is 5.08. The Labute approximate surface area is 107 Å². The Kier molecular flexibility index (Phi) is 3.74. The Balaban J connectivity index is 2.13. The Morgan fingerprint density at radius 1 is 1.44 bits per heavy atom. The summed E-state index contributed by atoms with van der Waals surface area (Å²) in [6, 6.07) is 7.93. The number of aliphatic hydroxyl groups is 1. The number of rotatable bonds is 3. The van der Waals surface area contributed by atoms with Gasteiger partial charge in [-0.25, -0.2) is 4.98 Å². The van der Waals surface area contributed by atoms with Crippen LogP contribution in [0.5, 0.6) is 0 Å². The first kappa shape index (κ1) is 11.8. The van der Waals surface area contributed by atoms with E-state index >= 15 is 0 Å². The molecule has 0 saturated carbocycles. The third kappa shape index (κ3) is 2.70. The maximum absolute atomic E-state index is 10.0. The molecule has 1 atom stereocenters. The molecule has 1 heterocycles. The fraction of sp³-hybridized carbons (Fsp3) is 0.250. The molecule has 2 nitrogen and oxygen atoms in total. The number of benzene rings is 1. The van der Waals surface area contributed by atoms with Crippen molar-refractivity contribution in [3.63, 3.8) is 0 Å². The average Bonchev–Trinajstić information content (AvgIpc) is 2.68. The summed E-state index contributed by atoms with van der Waals surface area (Å²) in [5, 5.41) is 12.8. The minimum absolute atomic E-state index is 0.516. The van der Waals surface area contributed by atoms with Crippen molar-refractivity contribution in [3.8, 4) is 0 Å². The van der Waals surface area contributed by atoms with E-state index in [4.69, 9.17) is 0 Å². The zero-order valence-corrected chi connectivity index (χ0v) is 11.3. The van der Waals surface area contributed by atoms with Gasteiger partial charge < -0.3 is 5.11 Å². The van der Waals surface area contributed by atoms with E-state index in [-0.39, 0.29) is 0 Å². The van der Waals surface area contributed by atoms with Crippen LogP contribution in [0.4, 0.5) is 0 Å². The van der Waals surface area contributed by atoms with Crippen molar-refractivity contribution in [2.45, 2.75) is 19.4 Å². The largest absolute Gasteiger partial charge is 0.386 e. The molecule has 0 amide bonds. The van der Waals surface area contributed by atoms with Crippen molar-refractivity contribution < 1.29 is 5.11 Å². The van der Waals surface area contributed by atoms with Crippen LogP contribution in [0.15, 0.2) is 34.1 Å². The van der Waals surface area contributed by atoms with E-state index in [1.54, 1.807) is 0 Å². The highest BCUT2D eigenvalue weighted by molar-refractivity contribution is 9.10. The molecule has 16 heavy (non-hydrogen) atoms. The van der Waals surface area contributed by atoms with E-state index in [2.05, 4.69) is 20.9 Å². The van der Waals surface area contributed by atoms with E-state index in [0.29, 0.717) is 6.42 Å². The normalized spacial score (nSPS) is 12.7. The van der Waals surface area contributed by atoms with Gasteiger partial charge in [0.15, 0.2) is 0 Å². The zero-order valence-electron chi connectivity index (χ0n) is 8.85. The third-order valence-corrected chi connectivity index (χ3v) is 4.13. The van der Waals surface area contributed by atoms with Gasteiger partial charge in [0.25, 0.3) is 0 Å². The van der Waals surface area contributed by atoms with Gasteiger partial charge in [0.05, 0.1) is 0 Å². The third-order valence-electron chi connectivity index (χ3n) is 2.29. The first-order chi connectivity index (χ1) is 7.66. The predicted molar refractivity (Wildman–Crippen MR) is 69.7 cm³/mol. The first-order valence-corrected chi connectivity index (χ1v) is 6.67. The number of aryl methyl sites for hydroxylation is 1. The number of hydrogen-bond acceptors (Lipinski definition) is 3. The Morgan fingerprint density at radius 2 is 2.19 bits per heavy atom. The molecule has 0 saturated heterocycles. The van der Waals surface area contributed by atoms with E-state index in [9.17, 15) is 5.11 Å². The lowest BCUT2D eigenvalue weighted by atomic mass is 10.1. The standard InChI is InChI=1S/C12H12BrNOS/c1-8-7-16-12(14-8)11(15)6-9-4-2-3-5-10(9)13/h2-5,7,11,15H,6H2,1H3. The second-order valence-electron chi connectivity index (χ2n) is 3.64. The molecule has 0 fully saturated rings. The zero-order chi connectivity index (χ0) is 11.5. The van der Waals surface area contributed by atoms with Gasteiger partial charge in [0, 0.05) is 22.0 Å². The molecular formula is C12H12BrNOS. The summed E-state index contributed by atoms with van der Waals surface area (Å²) >= 11 is 4.98. The van der Waals surface area contributed by atoms with Crippen LogP contribution in [-0.4, -0.2) is 10.1 Å². The van der Waals surface area contributed by atoms with Crippen molar-refractivity contribution in [2.24, 2.45) is 0 Å². The van der Waals surface area contributed by atoms with Crippen LogP contribution < -0.4 is 0 Å². The van der Waals surface area contributed by atoms with Crippen molar-refractivity contribution >= 4 is 27.3 Å². The Morgan fingerprint density at radius 3 is 2.81 bits per heavy atom. The molecule has 2 rings (SSSR count). The quantitative estimate of drug-likeness (QED) is 0.941. The minimum Gasteiger partial charge on any atom is -0.386 e. The predicted octanol–water partition coefficient (Wildman–Crippen LogP) is 3.49. The maximum Gasteiger partial charge on any atom is 0.122 e. The van der Waals surface area contributed by atoms with Crippen molar-refractivity contribution in [2.75, 3.05) is 0 Å². The van der Waals surface area contributed by atoms with Gasteiger partial charge in [-0.1, -0.05) is 34.1 Å². The molecule has 0 spiro atoms. The molecule has 1 N–H and O–H groups in total. The lowest BCUT2D eigenvalue weighted by Gasteiger charge is -2.08. The maximum atomic E-state index is 10.0. The molecule has 0 bridgehead atoms. The Hall–Kier alpha value is -0.710. The molecular weight excluding hydrogens is 286 g/mol. The van der Waals surface area contributed by atoms with Crippen LogP contribution in [-0.2, 0) is 6.42 Å². The van der Waals surface area contributed by atoms with Gasteiger partial charge in [-0.15, -0.1) is 11.3 Å². The van der Waals surface area contributed by atoms with Crippen LogP contribution >= 0.6 is 27.3 Å². The monoisotopic (exact) mass is 297 g/mol. The number of halogens is 1. The lowest BCUT2D eigenvalue weighted by molar-refractivity contribution is 0.177. The highest BCUT2D eigenvalue weighted by atomic mass is 79.9. The molecule has 4 heteroatoms. The number of aromatic nitrogens is 1. The van der Waals surface area contributed by atoms with Crippen molar-refractivity contribution in [1.82, 2.24) is 4.98 Å². The van der Waals surface area contributed by atoms with Gasteiger partial charge in [-0.2, -0.15) is 0 Å². The Bertz CT molecular complexity index is 483. The molecule has 0 aliphatic rings. The molecule has 1 aromatic heterocycles. The van der Waals surface area contributed by atoms with Crippen LogP contribution in [0.3, 0.4) is 0 Å². The number of aliphatic hydroxyl groups excluding tert-OH is 1. The van der Waals surface area contributed by atoms with Crippen LogP contribution in [0, 0.1) is 6.92 Å². The van der Waals surface area contributed by atoms with E-state index in [1.165, 1.54) is 11.3 Å². The molecule has 2 aromatic rings. The van der Waals surface area contributed by atoms with Crippen LogP contribution in [0.2, 0.25) is 0 Å². The molecule has 0 radical (unpaired) electrons. The van der Waals surface area contributed by atoms with Gasteiger partial charge in [-0.05, 0) is 18.6 Å². The van der Waals surface area contributed by atoms with Gasteiger partial charge in [0.1, 0.15) is 11.1 Å². The number of thiazole rings is 1. The second-order valence-corrected chi connectivity index (χ2v) is 5.38.